The van der Waals surface area contributed by atoms with Gasteiger partial charge in [0.2, 0.25) is 5.91 Å². The van der Waals surface area contributed by atoms with E-state index >= 15 is 0 Å². The van der Waals surface area contributed by atoms with Crippen LogP contribution < -0.4 is 10.1 Å². The van der Waals surface area contributed by atoms with Crippen LogP contribution in [0.15, 0.2) is 53.5 Å². The highest BCUT2D eigenvalue weighted by Crippen LogP contribution is 2.18. The van der Waals surface area contributed by atoms with Crippen LogP contribution in [0.3, 0.4) is 0 Å². The van der Waals surface area contributed by atoms with Crippen LogP contribution in [-0.2, 0) is 14.3 Å². The minimum Gasteiger partial charge on any atom is -0.493 e. The molecular formula is C21H20N2O5S. The van der Waals surface area contributed by atoms with Crippen LogP contribution in [0.2, 0.25) is 0 Å². The number of amides is 1. The summed E-state index contributed by atoms with van der Waals surface area (Å²) >= 11 is 4.55. The molecule has 0 aliphatic carbocycles. The Bertz CT molecular complexity index is 904. The normalized spacial score (nSPS) is 9.83. The summed E-state index contributed by atoms with van der Waals surface area (Å²) in [5.74, 6) is -0.396. The molecule has 2 rings (SSSR count). The number of hydrogen-bond donors (Lipinski definition) is 1. The summed E-state index contributed by atoms with van der Waals surface area (Å²) in [7, 11) is 0. The van der Waals surface area contributed by atoms with E-state index in [0.29, 0.717) is 22.6 Å². The highest BCUT2D eigenvalue weighted by molar-refractivity contribution is 7.78. The molecule has 0 bridgehead atoms. The zero-order valence-electron chi connectivity index (χ0n) is 15.8. The average Bonchev–Trinajstić information content (AvgIpc) is 2.73. The molecule has 0 atom stereocenters. The van der Waals surface area contributed by atoms with E-state index < -0.39 is 5.97 Å². The van der Waals surface area contributed by atoms with Gasteiger partial charge >= 0.3 is 5.97 Å². The van der Waals surface area contributed by atoms with Gasteiger partial charge < -0.3 is 14.8 Å². The third kappa shape index (κ3) is 7.29. The summed E-state index contributed by atoms with van der Waals surface area (Å²) in [5, 5.41) is 4.73. The molecule has 150 valence electrons. The largest absolute Gasteiger partial charge is 0.493 e. The molecule has 8 heteroatoms. The SMILES string of the molecule is CCOC(=O)CNC(=O)CCOc1ccc(C(=O)c2ccc(N=C=S)cc2)cc1. The molecule has 0 saturated heterocycles. The highest BCUT2D eigenvalue weighted by Gasteiger charge is 2.10. The van der Waals surface area contributed by atoms with Crippen LogP contribution in [0.5, 0.6) is 5.75 Å². The molecule has 0 spiro atoms. The number of carbonyl (C=O) groups is 3. The Labute approximate surface area is 173 Å². The van der Waals surface area contributed by atoms with Gasteiger partial charge in [-0.2, -0.15) is 4.99 Å². The van der Waals surface area contributed by atoms with Crippen molar-refractivity contribution in [3.8, 4) is 5.75 Å². The second-order valence-corrected chi connectivity index (χ2v) is 5.97. The second-order valence-electron chi connectivity index (χ2n) is 5.78. The van der Waals surface area contributed by atoms with Gasteiger partial charge in [-0.15, -0.1) is 0 Å². The smallest absolute Gasteiger partial charge is 0.325 e. The van der Waals surface area contributed by atoms with Crippen molar-refractivity contribution in [2.24, 2.45) is 4.99 Å². The topological polar surface area (TPSA) is 94.1 Å². The van der Waals surface area contributed by atoms with Crippen LogP contribution in [-0.4, -0.2) is 42.6 Å². The Hall–Kier alpha value is -3.35. The number of nitrogens with one attached hydrogen (secondary N) is 1. The molecule has 0 aliphatic heterocycles. The molecule has 1 amide bonds. The number of ether oxygens (including phenoxy) is 2. The predicted octanol–water partition coefficient (Wildman–Crippen LogP) is 3.10. The van der Waals surface area contributed by atoms with Gasteiger partial charge in [-0.25, -0.2) is 0 Å². The number of isothiocyanates is 1. The molecule has 1 N–H and O–H groups in total. The molecule has 0 aromatic heterocycles. The van der Waals surface area contributed by atoms with Crippen molar-refractivity contribution in [1.29, 1.82) is 0 Å². The summed E-state index contributed by atoms with van der Waals surface area (Å²) in [6, 6.07) is 13.4. The molecule has 0 aliphatic rings. The van der Waals surface area contributed by atoms with Crippen LogP contribution in [0.4, 0.5) is 5.69 Å². The van der Waals surface area contributed by atoms with Gasteiger partial charge in [-0.3, -0.25) is 14.4 Å². The third-order valence-corrected chi connectivity index (χ3v) is 3.85. The summed E-state index contributed by atoms with van der Waals surface area (Å²) < 4.78 is 10.2. The fourth-order valence-corrected chi connectivity index (χ4v) is 2.45. The third-order valence-electron chi connectivity index (χ3n) is 3.75. The van der Waals surface area contributed by atoms with Gasteiger partial charge in [-0.05, 0) is 67.7 Å². The maximum atomic E-state index is 12.5. The lowest BCUT2D eigenvalue weighted by molar-refractivity contribution is -0.143. The van der Waals surface area contributed by atoms with Crippen LogP contribution in [0.25, 0.3) is 0 Å². The molecular weight excluding hydrogens is 392 g/mol. The number of rotatable bonds is 10. The van der Waals surface area contributed by atoms with E-state index in [-0.39, 0.29) is 37.9 Å². The lowest BCUT2D eigenvalue weighted by atomic mass is 10.0. The summed E-state index contributed by atoms with van der Waals surface area (Å²) in [6.45, 7) is 1.94. The van der Waals surface area contributed by atoms with E-state index in [2.05, 4.69) is 27.7 Å². The molecule has 0 heterocycles. The molecule has 0 fully saturated rings. The fourth-order valence-electron chi connectivity index (χ4n) is 2.34. The van der Waals surface area contributed by atoms with Crippen molar-refractivity contribution in [1.82, 2.24) is 5.32 Å². The fraction of sp³-hybridized carbons (Fsp3) is 0.238. The maximum absolute atomic E-state index is 12.5. The van der Waals surface area contributed by atoms with E-state index in [4.69, 9.17) is 9.47 Å². The monoisotopic (exact) mass is 412 g/mol. The summed E-state index contributed by atoms with van der Waals surface area (Å²) in [5.41, 5.74) is 1.67. The van der Waals surface area contributed by atoms with Crippen molar-refractivity contribution >= 4 is 40.7 Å². The van der Waals surface area contributed by atoms with E-state index in [1.165, 1.54) is 0 Å². The van der Waals surface area contributed by atoms with Gasteiger partial charge in [0.25, 0.3) is 0 Å². The quantitative estimate of drug-likeness (QED) is 0.279. The molecule has 0 radical (unpaired) electrons. The number of nitrogens with zero attached hydrogens (tertiary/aromatic N) is 1. The number of hydrogen-bond acceptors (Lipinski definition) is 7. The van der Waals surface area contributed by atoms with Crippen molar-refractivity contribution in [2.75, 3.05) is 19.8 Å². The Morgan fingerprint density at radius 2 is 1.66 bits per heavy atom. The molecule has 2 aromatic carbocycles. The lowest BCUT2D eigenvalue weighted by Crippen LogP contribution is -2.31. The Morgan fingerprint density at radius 1 is 1.03 bits per heavy atom. The number of esters is 1. The van der Waals surface area contributed by atoms with E-state index in [0.717, 1.165) is 0 Å². The first-order valence-electron chi connectivity index (χ1n) is 8.91. The van der Waals surface area contributed by atoms with Gasteiger partial charge in [0.15, 0.2) is 5.78 Å². The van der Waals surface area contributed by atoms with Gasteiger partial charge in [0, 0.05) is 11.1 Å². The van der Waals surface area contributed by atoms with Crippen molar-refractivity contribution < 1.29 is 23.9 Å². The molecule has 0 saturated carbocycles. The van der Waals surface area contributed by atoms with Crippen LogP contribution in [0.1, 0.15) is 29.3 Å². The zero-order chi connectivity index (χ0) is 21.1. The Balaban J connectivity index is 1.82. The zero-order valence-corrected chi connectivity index (χ0v) is 16.7. The standard InChI is InChI=1S/C21H20N2O5S/c1-2-27-20(25)13-22-19(24)11-12-28-18-9-5-16(6-10-18)21(26)15-3-7-17(8-4-15)23-14-29/h3-10H,2,11-13H2,1H3,(H,22,24). The first-order valence-corrected chi connectivity index (χ1v) is 9.32. The number of thiocarbonyl (C=S) groups is 1. The first kappa shape index (κ1) is 21.9. The average molecular weight is 412 g/mol. The van der Waals surface area contributed by atoms with E-state index in [1.807, 2.05) is 0 Å². The number of benzene rings is 2. The van der Waals surface area contributed by atoms with Gasteiger partial charge in [0.05, 0.1) is 30.5 Å². The summed E-state index contributed by atoms with van der Waals surface area (Å²) in [6.07, 6.45) is 0.0939. The molecule has 29 heavy (non-hydrogen) atoms. The number of ketones is 1. The summed E-state index contributed by atoms with van der Waals surface area (Å²) in [4.78, 5) is 39.2. The Kier molecular flexibility index (Phi) is 8.69. The van der Waals surface area contributed by atoms with Crippen molar-refractivity contribution in [3.63, 3.8) is 0 Å². The Morgan fingerprint density at radius 3 is 2.24 bits per heavy atom. The van der Waals surface area contributed by atoms with E-state index in [9.17, 15) is 14.4 Å². The second kappa shape index (κ2) is 11.5. The lowest BCUT2D eigenvalue weighted by Gasteiger charge is -2.08. The van der Waals surface area contributed by atoms with E-state index in [1.54, 1.807) is 55.5 Å². The minimum absolute atomic E-state index is 0.0939. The van der Waals surface area contributed by atoms with Crippen molar-refractivity contribution in [2.45, 2.75) is 13.3 Å². The highest BCUT2D eigenvalue weighted by atomic mass is 32.1. The van der Waals surface area contributed by atoms with Crippen molar-refractivity contribution in [3.05, 3.63) is 59.7 Å². The van der Waals surface area contributed by atoms with Gasteiger partial charge in [0.1, 0.15) is 12.3 Å². The number of aliphatic imine (C=N–C) groups is 1. The maximum Gasteiger partial charge on any atom is 0.325 e. The van der Waals surface area contributed by atoms with Crippen LogP contribution >= 0.6 is 12.2 Å². The minimum atomic E-state index is -0.483. The number of carbonyl (C=O) groups excluding carboxylic acids is 3. The molecule has 2 aromatic rings. The first-order chi connectivity index (χ1) is 14.0. The van der Waals surface area contributed by atoms with Crippen LogP contribution in [0, 0.1) is 0 Å². The molecule has 7 nitrogen and oxygen atoms in total. The predicted molar refractivity (Wildman–Crippen MR) is 111 cm³/mol. The molecule has 0 unspecified atom stereocenters. The van der Waals surface area contributed by atoms with Gasteiger partial charge in [-0.1, -0.05) is 0 Å².